The zero-order valence-corrected chi connectivity index (χ0v) is 8.99. The largest absolute Gasteiger partial charge is 0.397 e. The van der Waals surface area contributed by atoms with Crippen LogP contribution in [0.3, 0.4) is 0 Å². The first-order valence-corrected chi connectivity index (χ1v) is 5.17. The molecule has 1 saturated heterocycles. The van der Waals surface area contributed by atoms with Crippen LogP contribution in [0, 0.1) is 6.92 Å². The highest BCUT2D eigenvalue weighted by atomic mass is 16.5. The van der Waals surface area contributed by atoms with E-state index in [0.29, 0.717) is 11.4 Å². The van der Waals surface area contributed by atoms with Crippen molar-refractivity contribution in [3.8, 4) is 0 Å². The number of hydrogen-bond donors (Lipinski definition) is 2. The maximum absolute atomic E-state index is 5.85. The lowest BCUT2D eigenvalue weighted by molar-refractivity contribution is 0.122. The van der Waals surface area contributed by atoms with Crippen molar-refractivity contribution < 1.29 is 4.74 Å². The van der Waals surface area contributed by atoms with Crippen molar-refractivity contribution in [3.63, 3.8) is 0 Å². The lowest BCUT2D eigenvalue weighted by Crippen LogP contribution is -2.36. The van der Waals surface area contributed by atoms with Gasteiger partial charge in [0, 0.05) is 18.8 Å². The van der Waals surface area contributed by atoms with Crippen LogP contribution in [0.4, 0.5) is 17.1 Å². The summed E-state index contributed by atoms with van der Waals surface area (Å²) in [5, 5.41) is 0. The Morgan fingerprint density at radius 1 is 1.20 bits per heavy atom. The van der Waals surface area contributed by atoms with E-state index in [4.69, 9.17) is 16.2 Å². The smallest absolute Gasteiger partial charge is 0.0642 e. The molecule has 1 aromatic carbocycles. The van der Waals surface area contributed by atoms with Crippen molar-refractivity contribution in [1.82, 2.24) is 0 Å². The Balaban J connectivity index is 2.27. The summed E-state index contributed by atoms with van der Waals surface area (Å²) in [5.41, 5.74) is 15.2. The summed E-state index contributed by atoms with van der Waals surface area (Å²) in [7, 11) is 0. The van der Waals surface area contributed by atoms with E-state index >= 15 is 0 Å². The van der Waals surface area contributed by atoms with Gasteiger partial charge >= 0.3 is 0 Å². The van der Waals surface area contributed by atoms with E-state index in [1.165, 1.54) is 0 Å². The molecule has 0 amide bonds. The minimum atomic E-state index is 0.663. The summed E-state index contributed by atoms with van der Waals surface area (Å²) in [6.07, 6.45) is 0. The molecule has 82 valence electrons. The number of nitrogens with zero attached hydrogens (tertiary/aromatic N) is 1. The average molecular weight is 207 g/mol. The molecule has 0 aliphatic carbocycles. The second-order valence-electron chi connectivity index (χ2n) is 3.86. The average Bonchev–Trinajstić information content (AvgIpc) is 2.26. The lowest BCUT2D eigenvalue weighted by atomic mass is 10.1. The van der Waals surface area contributed by atoms with Gasteiger partial charge in [-0.3, -0.25) is 0 Å². The number of rotatable bonds is 1. The van der Waals surface area contributed by atoms with Crippen molar-refractivity contribution in [2.75, 3.05) is 42.7 Å². The Morgan fingerprint density at radius 2 is 1.87 bits per heavy atom. The van der Waals surface area contributed by atoms with Gasteiger partial charge in [0.1, 0.15) is 0 Å². The molecule has 4 N–H and O–H groups in total. The Labute approximate surface area is 89.8 Å². The maximum atomic E-state index is 5.85. The topological polar surface area (TPSA) is 64.5 Å². The van der Waals surface area contributed by atoms with Crippen LogP contribution in [0.15, 0.2) is 12.1 Å². The molecule has 4 heteroatoms. The third kappa shape index (κ3) is 1.99. The van der Waals surface area contributed by atoms with E-state index in [1.807, 2.05) is 13.0 Å². The first kappa shape index (κ1) is 10.1. The number of anilines is 3. The third-order valence-corrected chi connectivity index (χ3v) is 2.78. The van der Waals surface area contributed by atoms with Crippen molar-refractivity contribution in [3.05, 3.63) is 17.7 Å². The van der Waals surface area contributed by atoms with Gasteiger partial charge in [-0.2, -0.15) is 0 Å². The van der Waals surface area contributed by atoms with E-state index in [0.717, 1.165) is 37.6 Å². The summed E-state index contributed by atoms with van der Waals surface area (Å²) in [6.45, 7) is 5.38. The Morgan fingerprint density at radius 3 is 2.47 bits per heavy atom. The van der Waals surface area contributed by atoms with Crippen molar-refractivity contribution in [2.45, 2.75) is 6.92 Å². The molecule has 2 rings (SSSR count). The van der Waals surface area contributed by atoms with Crippen LogP contribution < -0.4 is 16.4 Å². The number of nitrogen functional groups attached to an aromatic ring is 2. The van der Waals surface area contributed by atoms with E-state index < -0.39 is 0 Å². The second-order valence-corrected chi connectivity index (χ2v) is 3.86. The predicted molar refractivity (Wildman–Crippen MR) is 63.0 cm³/mol. The van der Waals surface area contributed by atoms with Crippen LogP contribution in [0.25, 0.3) is 0 Å². The van der Waals surface area contributed by atoms with Gasteiger partial charge < -0.3 is 21.1 Å². The molecule has 0 atom stereocenters. The predicted octanol–water partition coefficient (Wildman–Crippen LogP) is 0.996. The molecule has 0 aromatic heterocycles. The molecule has 1 aliphatic rings. The van der Waals surface area contributed by atoms with Crippen LogP contribution in [-0.2, 0) is 4.74 Å². The highest BCUT2D eigenvalue weighted by Gasteiger charge is 2.12. The second kappa shape index (κ2) is 3.98. The van der Waals surface area contributed by atoms with E-state index in [1.54, 1.807) is 0 Å². The van der Waals surface area contributed by atoms with Gasteiger partial charge in [0.2, 0.25) is 0 Å². The number of nitrogens with two attached hydrogens (primary N) is 2. The van der Waals surface area contributed by atoms with E-state index in [2.05, 4.69) is 11.0 Å². The zero-order valence-electron chi connectivity index (χ0n) is 8.99. The summed E-state index contributed by atoms with van der Waals surface area (Å²) in [4.78, 5) is 2.27. The number of aryl methyl sites for hydroxylation is 1. The van der Waals surface area contributed by atoms with Gasteiger partial charge in [-0.15, -0.1) is 0 Å². The van der Waals surface area contributed by atoms with Gasteiger partial charge in [-0.25, -0.2) is 0 Å². The monoisotopic (exact) mass is 207 g/mol. The maximum Gasteiger partial charge on any atom is 0.0642 e. The summed E-state index contributed by atoms with van der Waals surface area (Å²) in [5.74, 6) is 0. The van der Waals surface area contributed by atoms with Gasteiger partial charge in [-0.05, 0) is 24.6 Å². The van der Waals surface area contributed by atoms with Crippen LogP contribution in [-0.4, -0.2) is 26.3 Å². The van der Waals surface area contributed by atoms with Crippen molar-refractivity contribution in [2.24, 2.45) is 0 Å². The molecule has 15 heavy (non-hydrogen) atoms. The Hall–Kier alpha value is -1.42. The van der Waals surface area contributed by atoms with Gasteiger partial charge in [0.05, 0.1) is 24.6 Å². The minimum absolute atomic E-state index is 0.663. The quantitative estimate of drug-likeness (QED) is 0.674. The Kier molecular flexibility index (Phi) is 2.68. The molecule has 0 saturated carbocycles. The van der Waals surface area contributed by atoms with E-state index in [-0.39, 0.29) is 0 Å². The molecule has 0 bridgehead atoms. The van der Waals surface area contributed by atoms with Gasteiger partial charge in [-0.1, -0.05) is 0 Å². The first-order chi connectivity index (χ1) is 7.18. The van der Waals surface area contributed by atoms with Crippen LogP contribution in [0.2, 0.25) is 0 Å². The molecule has 1 aliphatic heterocycles. The molecule has 4 nitrogen and oxygen atoms in total. The highest BCUT2D eigenvalue weighted by Crippen LogP contribution is 2.27. The molecule has 1 fully saturated rings. The van der Waals surface area contributed by atoms with Crippen LogP contribution in [0.1, 0.15) is 5.56 Å². The van der Waals surface area contributed by atoms with Gasteiger partial charge in [0.15, 0.2) is 0 Å². The fourth-order valence-corrected chi connectivity index (χ4v) is 1.81. The molecular formula is C11H17N3O. The van der Waals surface area contributed by atoms with Crippen molar-refractivity contribution >= 4 is 17.1 Å². The van der Waals surface area contributed by atoms with Crippen LogP contribution in [0.5, 0.6) is 0 Å². The molecule has 0 unspecified atom stereocenters. The summed E-state index contributed by atoms with van der Waals surface area (Å²) < 4.78 is 5.31. The molecular weight excluding hydrogens is 190 g/mol. The number of benzene rings is 1. The standard InChI is InChI=1S/C11H17N3O/c1-8-6-9(7-10(12)11(8)13)14-2-4-15-5-3-14/h6-7H,2-5,12-13H2,1H3. The lowest BCUT2D eigenvalue weighted by Gasteiger charge is -2.29. The van der Waals surface area contributed by atoms with E-state index in [9.17, 15) is 0 Å². The fraction of sp³-hybridized carbons (Fsp3) is 0.455. The number of morpholine rings is 1. The van der Waals surface area contributed by atoms with Crippen LogP contribution >= 0.6 is 0 Å². The number of hydrogen-bond acceptors (Lipinski definition) is 4. The van der Waals surface area contributed by atoms with Crippen molar-refractivity contribution in [1.29, 1.82) is 0 Å². The SMILES string of the molecule is Cc1cc(N2CCOCC2)cc(N)c1N. The minimum Gasteiger partial charge on any atom is -0.397 e. The summed E-state index contributed by atoms with van der Waals surface area (Å²) >= 11 is 0. The highest BCUT2D eigenvalue weighted by molar-refractivity contribution is 5.73. The normalized spacial score (nSPS) is 16.7. The fourth-order valence-electron chi connectivity index (χ4n) is 1.81. The molecule has 1 heterocycles. The Bertz CT molecular complexity index is 336. The first-order valence-electron chi connectivity index (χ1n) is 5.17. The van der Waals surface area contributed by atoms with Gasteiger partial charge in [0.25, 0.3) is 0 Å². The third-order valence-electron chi connectivity index (χ3n) is 2.78. The number of ether oxygens (including phenoxy) is 1. The molecule has 0 spiro atoms. The zero-order chi connectivity index (χ0) is 10.8. The molecule has 0 radical (unpaired) electrons. The summed E-state index contributed by atoms with van der Waals surface area (Å²) in [6, 6.07) is 4.02. The molecule has 1 aromatic rings.